The molecule has 9 aromatic carbocycles. The Balaban J connectivity index is 1.02. The highest BCUT2D eigenvalue weighted by molar-refractivity contribution is 7.27. The molecule has 3 aromatic heterocycles. The fourth-order valence-electron chi connectivity index (χ4n) is 9.85. The highest BCUT2D eigenvalue weighted by atomic mass is 32.1. The number of furan rings is 1. The molecule has 13 rings (SSSR count). The van der Waals surface area contributed by atoms with Crippen LogP contribution in [0, 0.1) is 0 Å². The zero-order valence-corrected chi connectivity index (χ0v) is 38.0. The minimum Gasteiger partial charge on any atom is -0.456 e. The molecular formula is C58H42BNO3S2. The monoisotopic (exact) mass is 875 g/mol. The number of hydrogen-bond donors (Lipinski definition) is 0. The van der Waals surface area contributed by atoms with Crippen molar-refractivity contribution in [3.05, 3.63) is 182 Å². The summed E-state index contributed by atoms with van der Waals surface area (Å²) < 4.78 is 24.6. The van der Waals surface area contributed by atoms with E-state index in [1.165, 1.54) is 67.8 Å². The normalized spacial score (nSPS) is 14.9. The molecule has 4 nitrogen and oxygen atoms in total. The van der Waals surface area contributed by atoms with E-state index in [-0.39, 0.29) is 0 Å². The number of benzene rings is 9. The van der Waals surface area contributed by atoms with Crippen LogP contribution in [0.15, 0.2) is 186 Å². The lowest BCUT2D eigenvalue weighted by Gasteiger charge is -2.32. The molecular weight excluding hydrogens is 834 g/mol. The summed E-state index contributed by atoms with van der Waals surface area (Å²) in [7, 11) is -0.465. The number of para-hydroxylation sites is 1. The van der Waals surface area contributed by atoms with Gasteiger partial charge in [0.05, 0.1) is 11.2 Å². The number of thiophene rings is 2. The van der Waals surface area contributed by atoms with Gasteiger partial charge in [-0.1, -0.05) is 109 Å². The van der Waals surface area contributed by atoms with Crippen molar-refractivity contribution in [2.75, 3.05) is 4.90 Å². The summed E-state index contributed by atoms with van der Waals surface area (Å²) in [5.41, 5.74) is 9.91. The Morgan fingerprint density at radius 1 is 0.431 bits per heavy atom. The first-order valence-electron chi connectivity index (χ1n) is 22.2. The van der Waals surface area contributed by atoms with Crippen LogP contribution in [0.4, 0.5) is 17.1 Å². The molecule has 1 aliphatic rings. The van der Waals surface area contributed by atoms with E-state index in [1.54, 1.807) is 0 Å². The van der Waals surface area contributed by atoms with E-state index in [9.17, 15) is 0 Å². The molecule has 0 amide bonds. The number of fused-ring (bicyclic) bond motifs is 11. The molecule has 0 N–H and O–H groups in total. The van der Waals surface area contributed by atoms with Gasteiger partial charge in [0.15, 0.2) is 0 Å². The Labute approximate surface area is 385 Å². The molecule has 7 heteroatoms. The summed E-state index contributed by atoms with van der Waals surface area (Å²) in [4.78, 5) is 2.43. The molecule has 0 saturated carbocycles. The lowest BCUT2D eigenvalue weighted by atomic mass is 9.78. The Kier molecular flexibility index (Phi) is 8.56. The quantitative estimate of drug-likeness (QED) is 0.156. The smallest absolute Gasteiger partial charge is 0.456 e. The first kappa shape index (κ1) is 38.7. The Morgan fingerprint density at radius 2 is 1.06 bits per heavy atom. The maximum absolute atomic E-state index is 6.49. The van der Waals surface area contributed by atoms with Crippen molar-refractivity contribution >= 4 is 125 Å². The average molecular weight is 876 g/mol. The van der Waals surface area contributed by atoms with Crippen molar-refractivity contribution in [2.24, 2.45) is 0 Å². The first-order valence-corrected chi connectivity index (χ1v) is 23.9. The SMILES string of the molecule is CC1(C)OB(c2ccc3oc4ccc(-c5cc(N(c6ccccc6)c6ccc7sc8c(-c9ccccc9)cc9ccccc9c8c7c6)cc6c5sc5ccccc56)cc4c3c2)OC1(C)C. The van der Waals surface area contributed by atoms with E-state index in [2.05, 4.69) is 215 Å². The minimum absolute atomic E-state index is 0.434. The van der Waals surface area contributed by atoms with Crippen molar-refractivity contribution in [3.63, 3.8) is 0 Å². The maximum Gasteiger partial charge on any atom is 0.494 e. The molecule has 0 radical (unpaired) electrons. The highest BCUT2D eigenvalue weighted by Crippen LogP contribution is 2.49. The van der Waals surface area contributed by atoms with Crippen LogP contribution >= 0.6 is 22.7 Å². The van der Waals surface area contributed by atoms with Crippen LogP contribution in [0.5, 0.6) is 0 Å². The molecule has 1 aliphatic heterocycles. The van der Waals surface area contributed by atoms with Gasteiger partial charge in [0.25, 0.3) is 0 Å². The van der Waals surface area contributed by atoms with Crippen LogP contribution in [0.1, 0.15) is 27.7 Å². The second-order valence-electron chi connectivity index (χ2n) is 18.3. The molecule has 312 valence electrons. The van der Waals surface area contributed by atoms with E-state index in [1.807, 2.05) is 22.7 Å². The van der Waals surface area contributed by atoms with Crippen LogP contribution in [0.2, 0.25) is 0 Å². The topological polar surface area (TPSA) is 34.8 Å². The van der Waals surface area contributed by atoms with Crippen molar-refractivity contribution in [1.82, 2.24) is 0 Å². The average Bonchev–Trinajstić information content (AvgIpc) is 4.07. The number of anilines is 3. The van der Waals surface area contributed by atoms with Crippen molar-refractivity contribution in [1.29, 1.82) is 0 Å². The molecule has 0 atom stereocenters. The molecule has 1 fully saturated rings. The third kappa shape index (κ3) is 6.10. The summed E-state index contributed by atoms with van der Waals surface area (Å²) >= 11 is 3.74. The minimum atomic E-state index is -0.465. The van der Waals surface area contributed by atoms with E-state index < -0.39 is 18.3 Å². The Morgan fingerprint density at radius 3 is 1.86 bits per heavy atom. The molecule has 12 aromatic rings. The predicted octanol–water partition coefficient (Wildman–Crippen LogP) is 16.6. The van der Waals surface area contributed by atoms with Gasteiger partial charge in [0.2, 0.25) is 0 Å². The van der Waals surface area contributed by atoms with Gasteiger partial charge in [0.1, 0.15) is 11.2 Å². The van der Waals surface area contributed by atoms with Gasteiger partial charge in [0, 0.05) is 79.3 Å². The maximum atomic E-state index is 6.49. The predicted molar refractivity (Wildman–Crippen MR) is 278 cm³/mol. The zero-order valence-electron chi connectivity index (χ0n) is 36.4. The third-order valence-electron chi connectivity index (χ3n) is 13.9. The fourth-order valence-corrected chi connectivity index (χ4v) is 12.3. The van der Waals surface area contributed by atoms with Crippen LogP contribution < -0.4 is 10.4 Å². The van der Waals surface area contributed by atoms with Gasteiger partial charge in [-0.2, -0.15) is 0 Å². The van der Waals surface area contributed by atoms with E-state index in [4.69, 9.17) is 13.7 Å². The van der Waals surface area contributed by atoms with Gasteiger partial charge < -0.3 is 18.6 Å². The van der Waals surface area contributed by atoms with Gasteiger partial charge in [-0.3, -0.25) is 0 Å². The molecule has 1 saturated heterocycles. The molecule has 4 heterocycles. The summed E-state index contributed by atoms with van der Waals surface area (Å²) in [6.45, 7) is 8.38. The zero-order chi connectivity index (χ0) is 43.6. The van der Waals surface area contributed by atoms with Gasteiger partial charge in [-0.15, -0.1) is 22.7 Å². The fraction of sp³-hybridized carbons (Fsp3) is 0.103. The lowest BCUT2D eigenvalue weighted by Crippen LogP contribution is -2.41. The van der Waals surface area contributed by atoms with Crippen LogP contribution in [0.25, 0.3) is 95.3 Å². The van der Waals surface area contributed by atoms with Crippen LogP contribution in [-0.4, -0.2) is 18.3 Å². The van der Waals surface area contributed by atoms with Crippen LogP contribution in [-0.2, 0) is 9.31 Å². The van der Waals surface area contributed by atoms with Crippen LogP contribution in [0.3, 0.4) is 0 Å². The third-order valence-corrected chi connectivity index (χ3v) is 16.3. The van der Waals surface area contributed by atoms with Gasteiger partial charge in [-0.05, 0) is 128 Å². The number of rotatable bonds is 6. The summed E-state index contributed by atoms with van der Waals surface area (Å²) in [6.07, 6.45) is 0. The number of nitrogens with zero attached hydrogens (tertiary/aromatic N) is 1. The Hall–Kier alpha value is -6.74. The van der Waals surface area contributed by atoms with E-state index in [0.717, 1.165) is 50.0 Å². The largest absolute Gasteiger partial charge is 0.494 e. The van der Waals surface area contributed by atoms with Crippen molar-refractivity contribution in [3.8, 4) is 22.3 Å². The molecule has 65 heavy (non-hydrogen) atoms. The second kappa shape index (κ2) is 14.4. The Bertz CT molecular complexity index is 3850. The van der Waals surface area contributed by atoms with Gasteiger partial charge >= 0.3 is 7.12 Å². The van der Waals surface area contributed by atoms with E-state index >= 15 is 0 Å². The van der Waals surface area contributed by atoms with E-state index in [0.29, 0.717) is 0 Å². The standard InChI is InChI=1S/C58H42BNO3S2/c1-57(2)58(3,4)63-59(62-57)38-24-27-51-47(31-38)46-30-37(23-26-50(46)61-51)45-33-41(34-48-43-21-13-14-22-52(43)64-55(45)48)60(39-18-9-6-10-19-39)40-25-28-53-49(32-40)54-42-20-12-11-17-36(42)29-44(56(54)65-53)35-15-7-5-8-16-35/h5-34H,1-4H3. The molecule has 0 bridgehead atoms. The first-order chi connectivity index (χ1) is 31.7. The van der Waals surface area contributed by atoms with Gasteiger partial charge in [-0.25, -0.2) is 0 Å². The van der Waals surface area contributed by atoms with Crippen molar-refractivity contribution in [2.45, 2.75) is 38.9 Å². The lowest BCUT2D eigenvalue weighted by molar-refractivity contribution is 0.00578. The highest BCUT2D eigenvalue weighted by Gasteiger charge is 2.51. The summed E-state index contributed by atoms with van der Waals surface area (Å²) in [5.74, 6) is 0. The summed E-state index contributed by atoms with van der Waals surface area (Å²) in [5, 5.41) is 9.68. The van der Waals surface area contributed by atoms with Crippen molar-refractivity contribution < 1.29 is 13.7 Å². The number of hydrogen-bond acceptors (Lipinski definition) is 6. The molecule has 0 spiro atoms. The second-order valence-corrected chi connectivity index (χ2v) is 20.4. The molecule has 0 aliphatic carbocycles. The molecule has 0 unspecified atom stereocenters. The summed E-state index contributed by atoms with van der Waals surface area (Å²) in [6, 6.07) is 66.4.